The van der Waals surface area contributed by atoms with Crippen molar-refractivity contribution in [1.29, 1.82) is 0 Å². The Morgan fingerprint density at radius 2 is 1.00 bits per heavy atom. The first-order valence-electron chi connectivity index (χ1n) is 17.1. The quantitative estimate of drug-likeness (QED) is 0.176. The van der Waals surface area contributed by atoms with Gasteiger partial charge in [0.2, 0.25) is 0 Å². The summed E-state index contributed by atoms with van der Waals surface area (Å²) in [6, 6.07) is 52.0. The zero-order chi connectivity index (χ0) is 33.4. The highest BCUT2D eigenvalue weighted by Gasteiger charge is 2.16. The first-order chi connectivity index (χ1) is 24.7. The van der Waals surface area contributed by atoms with Gasteiger partial charge in [-0.15, -0.1) is 0 Å². The molecule has 7 aromatic carbocycles. The summed E-state index contributed by atoms with van der Waals surface area (Å²) in [5.74, 6) is 0. The molecule has 0 unspecified atom stereocenters. The van der Waals surface area contributed by atoms with Gasteiger partial charge in [0.05, 0.1) is 11.4 Å². The van der Waals surface area contributed by atoms with Gasteiger partial charge in [-0.3, -0.25) is 0 Å². The Hall–Kier alpha value is -6.51. The Morgan fingerprint density at radius 3 is 1.54 bits per heavy atom. The van der Waals surface area contributed by atoms with Crippen LogP contribution in [0.5, 0.6) is 0 Å². The number of hydrogen-bond donors (Lipinski definition) is 1. The van der Waals surface area contributed by atoms with Crippen LogP contribution in [-0.2, 0) is 0 Å². The molecule has 8 aromatic rings. The van der Waals surface area contributed by atoms with Crippen LogP contribution in [0.25, 0.3) is 66.9 Å². The molecule has 1 N–H and O–H groups in total. The number of aromatic amines is 1. The van der Waals surface area contributed by atoms with Crippen molar-refractivity contribution in [1.82, 2.24) is 4.98 Å². The minimum atomic E-state index is 0.927. The number of aryl methyl sites for hydroxylation is 1. The summed E-state index contributed by atoms with van der Waals surface area (Å²) in [6.45, 7) is 2.12. The van der Waals surface area contributed by atoms with Gasteiger partial charge >= 0.3 is 0 Å². The summed E-state index contributed by atoms with van der Waals surface area (Å²) >= 11 is 0. The molecule has 2 heteroatoms. The highest BCUT2D eigenvalue weighted by atomic mass is 14.8. The number of benzene rings is 7. The van der Waals surface area contributed by atoms with Crippen LogP contribution in [0.1, 0.15) is 33.6 Å². The van der Waals surface area contributed by atoms with Crippen LogP contribution < -0.4 is 0 Å². The van der Waals surface area contributed by atoms with E-state index in [0.29, 0.717) is 0 Å². The first-order valence-corrected chi connectivity index (χ1v) is 17.1. The summed E-state index contributed by atoms with van der Waals surface area (Å²) < 4.78 is 0. The van der Waals surface area contributed by atoms with E-state index in [-0.39, 0.29) is 0 Å². The standard InChI is InChI=1S/C48H34N2/c1-32-18-20-33(21-19-32)48(46-28-24-38(49-46)22-26-44-40-14-6-2-10-34(40)30-35-11-3-7-15-41(35)44)47-29-25-39(50-47)23-27-45-42-16-8-4-12-36(42)31-37-13-5-9-17-43(37)45/h2-31,49H,1H3/b26-22+,27-23+,48-47-. The second kappa shape index (κ2) is 12.5. The molecule has 50 heavy (non-hydrogen) atoms. The third kappa shape index (κ3) is 5.47. The van der Waals surface area contributed by atoms with Crippen molar-refractivity contribution >= 4 is 72.6 Å². The number of hydrogen-bond acceptors (Lipinski definition) is 1. The SMILES string of the molecule is Cc1ccc(/C(=C2\C=CC(/C=C/c3c4ccccc4cc4ccccc34)=N2)c2ccc(/C=C/c3c4ccccc4cc4ccccc34)[nH]2)cc1. The average molecular weight is 639 g/mol. The van der Waals surface area contributed by atoms with Crippen molar-refractivity contribution in [2.75, 3.05) is 0 Å². The van der Waals surface area contributed by atoms with Crippen LogP contribution >= 0.6 is 0 Å². The topological polar surface area (TPSA) is 28.1 Å². The second-order valence-corrected chi connectivity index (χ2v) is 13.0. The monoisotopic (exact) mass is 638 g/mol. The van der Waals surface area contributed by atoms with E-state index >= 15 is 0 Å². The molecule has 0 atom stereocenters. The fourth-order valence-corrected chi connectivity index (χ4v) is 7.23. The summed E-state index contributed by atoms with van der Waals surface area (Å²) in [7, 11) is 0. The number of nitrogens with one attached hydrogen (secondary N) is 1. The molecule has 1 aromatic heterocycles. The van der Waals surface area contributed by atoms with Gasteiger partial charge < -0.3 is 4.98 Å². The minimum Gasteiger partial charge on any atom is -0.355 e. The van der Waals surface area contributed by atoms with Gasteiger partial charge in [0.25, 0.3) is 0 Å². The molecule has 0 radical (unpaired) electrons. The Labute approximate surface area is 291 Å². The molecule has 0 saturated heterocycles. The lowest BCUT2D eigenvalue weighted by Gasteiger charge is -2.09. The van der Waals surface area contributed by atoms with Crippen molar-refractivity contribution in [3.05, 3.63) is 203 Å². The summed E-state index contributed by atoms with van der Waals surface area (Å²) in [6.07, 6.45) is 13.0. The van der Waals surface area contributed by atoms with E-state index in [4.69, 9.17) is 4.99 Å². The van der Waals surface area contributed by atoms with Gasteiger partial charge in [-0.25, -0.2) is 4.99 Å². The fraction of sp³-hybridized carbons (Fsp3) is 0.0208. The molecule has 236 valence electrons. The molecule has 0 aliphatic carbocycles. The van der Waals surface area contributed by atoms with Crippen LogP contribution in [0.15, 0.2) is 175 Å². The van der Waals surface area contributed by atoms with Gasteiger partial charge in [0, 0.05) is 17.0 Å². The summed E-state index contributed by atoms with van der Waals surface area (Å²) in [5, 5.41) is 9.94. The Kier molecular flexibility index (Phi) is 7.40. The van der Waals surface area contributed by atoms with Crippen molar-refractivity contribution < 1.29 is 0 Å². The molecular weight excluding hydrogens is 605 g/mol. The Bertz CT molecular complexity index is 2640. The van der Waals surface area contributed by atoms with Gasteiger partial charge in [0.1, 0.15) is 0 Å². The number of H-pyrrole nitrogens is 1. The van der Waals surface area contributed by atoms with Gasteiger partial charge in [-0.2, -0.15) is 0 Å². The number of fused-ring (bicyclic) bond motifs is 4. The predicted octanol–water partition coefficient (Wildman–Crippen LogP) is 12.6. The Balaban J connectivity index is 1.11. The molecule has 9 rings (SSSR count). The molecule has 0 bridgehead atoms. The molecule has 1 aliphatic rings. The maximum atomic E-state index is 5.17. The third-order valence-electron chi connectivity index (χ3n) is 9.71. The first kappa shape index (κ1) is 29.6. The number of rotatable bonds is 6. The number of aliphatic imine (C=N–C) groups is 1. The maximum absolute atomic E-state index is 5.17. The van der Waals surface area contributed by atoms with Crippen LogP contribution in [-0.4, -0.2) is 10.7 Å². The van der Waals surface area contributed by atoms with Crippen molar-refractivity contribution in [2.24, 2.45) is 4.99 Å². The van der Waals surface area contributed by atoms with E-state index in [1.807, 2.05) is 0 Å². The molecule has 2 nitrogen and oxygen atoms in total. The minimum absolute atomic E-state index is 0.927. The van der Waals surface area contributed by atoms with Crippen molar-refractivity contribution in [2.45, 2.75) is 6.92 Å². The largest absolute Gasteiger partial charge is 0.355 e. The van der Waals surface area contributed by atoms with E-state index < -0.39 is 0 Å². The van der Waals surface area contributed by atoms with Gasteiger partial charge in [-0.05, 0) is 115 Å². The zero-order valence-electron chi connectivity index (χ0n) is 27.8. The lowest BCUT2D eigenvalue weighted by molar-refractivity contribution is 1.29. The lowest BCUT2D eigenvalue weighted by Crippen LogP contribution is -1.93. The maximum Gasteiger partial charge on any atom is 0.0736 e. The number of nitrogens with zero attached hydrogens (tertiary/aromatic N) is 1. The van der Waals surface area contributed by atoms with E-state index in [0.717, 1.165) is 33.9 Å². The van der Waals surface area contributed by atoms with E-state index in [2.05, 4.69) is 194 Å². The molecule has 0 fully saturated rings. The zero-order valence-corrected chi connectivity index (χ0v) is 27.8. The number of aromatic nitrogens is 1. The second-order valence-electron chi connectivity index (χ2n) is 13.0. The molecule has 1 aliphatic heterocycles. The molecule has 0 saturated carbocycles. The smallest absolute Gasteiger partial charge is 0.0736 e. The van der Waals surface area contributed by atoms with Crippen LogP contribution in [0.2, 0.25) is 0 Å². The normalized spacial score (nSPS) is 14.2. The van der Waals surface area contributed by atoms with E-state index in [1.165, 1.54) is 59.8 Å². The fourth-order valence-electron chi connectivity index (χ4n) is 7.23. The average Bonchev–Trinajstić information content (AvgIpc) is 3.83. The summed E-state index contributed by atoms with van der Waals surface area (Å²) in [5.41, 5.74) is 9.81. The lowest BCUT2D eigenvalue weighted by atomic mass is 9.96. The van der Waals surface area contributed by atoms with Crippen molar-refractivity contribution in [3.8, 4) is 0 Å². The molecule has 0 spiro atoms. The molecule has 0 amide bonds. The Morgan fingerprint density at radius 1 is 0.500 bits per heavy atom. The van der Waals surface area contributed by atoms with E-state index in [1.54, 1.807) is 0 Å². The van der Waals surface area contributed by atoms with Crippen LogP contribution in [0, 0.1) is 6.92 Å². The van der Waals surface area contributed by atoms with Gasteiger partial charge in [-0.1, -0.05) is 139 Å². The molecule has 2 heterocycles. The highest BCUT2D eigenvalue weighted by Crippen LogP contribution is 2.34. The van der Waals surface area contributed by atoms with Crippen LogP contribution in [0.3, 0.4) is 0 Å². The predicted molar refractivity (Wildman–Crippen MR) is 215 cm³/mol. The molecular formula is C48H34N2. The van der Waals surface area contributed by atoms with Crippen LogP contribution in [0.4, 0.5) is 0 Å². The van der Waals surface area contributed by atoms with Crippen molar-refractivity contribution in [3.63, 3.8) is 0 Å². The highest BCUT2D eigenvalue weighted by molar-refractivity contribution is 6.14. The van der Waals surface area contributed by atoms with Gasteiger partial charge in [0.15, 0.2) is 0 Å². The summed E-state index contributed by atoms with van der Waals surface area (Å²) in [4.78, 5) is 8.89. The number of allylic oxidation sites excluding steroid dienone is 3. The van der Waals surface area contributed by atoms with E-state index in [9.17, 15) is 0 Å². The third-order valence-corrected chi connectivity index (χ3v) is 9.71.